The quantitative estimate of drug-likeness (QED) is 0.149. The molecule has 3 N–H and O–H groups in total. The number of carbonyl (C=O) groups excluding carboxylic acids is 3. The fraction of sp³-hybridized carbons (Fsp3) is 0.216. The van der Waals surface area contributed by atoms with E-state index in [2.05, 4.69) is 10.6 Å². The lowest BCUT2D eigenvalue weighted by atomic mass is 9.95. The highest BCUT2D eigenvalue weighted by molar-refractivity contribution is 6.06. The first-order valence-corrected chi connectivity index (χ1v) is 15.2. The monoisotopic (exact) mass is 641 g/mol. The maximum Gasteiger partial charge on any atom is 0.344 e. The van der Waals surface area contributed by atoms with E-state index in [0.29, 0.717) is 11.1 Å². The third-order valence-electron chi connectivity index (χ3n) is 7.32. The van der Waals surface area contributed by atoms with Crippen LogP contribution in [-0.2, 0) is 19.1 Å². The molecule has 0 spiro atoms. The van der Waals surface area contributed by atoms with E-state index in [1.807, 2.05) is 0 Å². The Morgan fingerprint density at radius 3 is 1.91 bits per heavy atom. The van der Waals surface area contributed by atoms with Gasteiger partial charge in [-0.1, -0.05) is 121 Å². The molecule has 0 saturated heterocycles. The molecule has 4 aromatic rings. The van der Waals surface area contributed by atoms with Gasteiger partial charge < -0.3 is 15.2 Å². The maximum absolute atomic E-state index is 17.0. The molecule has 0 aliphatic rings. The average Bonchev–Trinajstić information content (AvgIpc) is 3.11. The number of aliphatic hydroxyl groups excluding tert-OH is 1. The Morgan fingerprint density at radius 2 is 1.36 bits per heavy atom. The smallest absolute Gasteiger partial charge is 0.344 e. The molecule has 3 atom stereocenters. The van der Waals surface area contributed by atoms with E-state index in [1.54, 1.807) is 110 Å². The number of aliphatic hydroxyl groups is 1. The van der Waals surface area contributed by atoms with Crippen molar-refractivity contribution < 1.29 is 33.0 Å². The van der Waals surface area contributed by atoms with Gasteiger partial charge in [0.25, 0.3) is 5.91 Å². The van der Waals surface area contributed by atoms with Crippen LogP contribution in [0.4, 0.5) is 14.5 Å². The number of amides is 2. The summed E-state index contributed by atoms with van der Waals surface area (Å²) in [6.45, 7) is 0.635. The van der Waals surface area contributed by atoms with Crippen molar-refractivity contribution in [2.45, 2.75) is 31.0 Å². The number of halogens is 2. The van der Waals surface area contributed by atoms with E-state index < -0.39 is 55.0 Å². The van der Waals surface area contributed by atoms with Gasteiger partial charge in [0, 0.05) is 5.69 Å². The number of para-hydroxylation sites is 1. The van der Waals surface area contributed by atoms with E-state index in [9.17, 15) is 19.5 Å². The lowest BCUT2D eigenvalue weighted by Gasteiger charge is -2.36. The molecule has 4 aromatic carbocycles. The van der Waals surface area contributed by atoms with Crippen LogP contribution in [0.5, 0.6) is 0 Å². The molecule has 0 heterocycles. The van der Waals surface area contributed by atoms with Crippen LogP contribution in [0.2, 0.25) is 0 Å². The molecule has 244 valence electrons. The van der Waals surface area contributed by atoms with Gasteiger partial charge in [-0.25, -0.2) is 0 Å². The highest BCUT2D eigenvalue weighted by Crippen LogP contribution is 2.37. The zero-order chi connectivity index (χ0) is 33.6. The minimum Gasteiger partial charge on any atom is -0.465 e. The zero-order valence-corrected chi connectivity index (χ0v) is 25.8. The Kier molecular flexibility index (Phi) is 12.5. The molecule has 0 fully saturated rings. The predicted octanol–water partition coefficient (Wildman–Crippen LogP) is 5.48. The van der Waals surface area contributed by atoms with Gasteiger partial charge in [-0.15, -0.1) is 0 Å². The number of hydrogen-bond acceptors (Lipinski definition) is 6. The molecule has 0 unspecified atom stereocenters. The van der Waals surface area contributed by atoms with Crippen LogP contribution < -0.4 is 15.5 Å². The van der Waals surface area contributed by atoms with Gasteiger partial charge in [-0.05, 0) is 35.7 Å². The molecule has 47 heavy (non-hydrogen) atoms. The van der Waals surface area contributed by atoms with Crippen molar-refractivity contribution in [3.8, 4) is 0 Å². The minimum atomic E-state index is -4.17. The summed E-state index contributed by atoms with van der Waals surface area (Å²) in [5.41, 5.74) is 1.32. The molecule has 0 saturated carbocycles. The van der Waals surface area contributed by atoms with Gasteiger partial charge in [0.05, 0.1) is 19.3 Å². The Morgan fingerprint density at radius 1 is 0.830 bits per heavy atom. The normalized spacial score (nSPS) is 13.4. The fourth-order valence-electron chi connectivity index (χ4n) is 5.01. The summed E-state index contributed by atoms with van der Waals surface area (Å²) < 4.78 is 38.8. The van der Waals surface area contributed by atoms with Crippen LogP contribution in [0.3, 0.4) is 0 Å². The van der Waals surface area contributed by atoms with Crippen molar-refractivity contribution in [1.82, 2.24) is 10.6 Å². The summed E-state index contributed by atoms with van der Waals surface area (Å²) in [5, 5.41) is 15.5. The summed E-state index contributed by atoms with van der Waals surface area (Å²) in [4.78, 5) is 40.9. The number of esters is 1. The second-order valence-electron chi connectivity index (χ2n) is 10.5. The topological polar surface area (TPSA) is 108 Å². The van der Waals surface area contributed by atoms with Crippen LogP contribution >= 0.6 is 0 Å². The van der Waals surface area contributed by atoms with E-state index >= 15 is 8.78 Å². The first-order valence-electron chi connectivity index (χ1n) is 15.2. The number of nitrogens with zero attached hydrogens (tertiary/aromatic N) is 1. The first-order chi connectivity index (χ1) is 22.8. The van der Waals surface area contributed by atoms with Crippen molar-refractivity contribution in [3.05, 3.63) is 144 Å². The van der Waals surface area contributed by atoms with Gasteiger partial charge in [0.15, 0.2) is 0 Å². The minimum absolute atomic E-state index is 0.0275. The largest absolute Gasteiger partial charge is 0.465 e. The van der Waals surface area contributed by atoms with Gasteiger partial charge in [-0.3, -0.25) is 24.6 Å². The first kappa shape index (κ1) is 34.7. The molecule has 0 radical (unpaired) electrons. The van der Waals surface area contributed by atoms with Crippen molar-refractivity contribution >= 4 is 29.5 Å². The zero-order valence-electron chi connectivity index (χ0n) is 25.8. The maximum atomic E-state index is 17.0. The summed E-state index contributed by atoms with van der Waals surface area (Å²) in [7, 11) is 0. The molecule has 0 bridgehead atoms. The number of rotatable bonds is 15. The molecule has 10 heteroatoms. The van der Waals surface area contributed by atoms with Crippen LogP contribution in [0.1, 0.15) is 35.7 Å². The summed E-state index contributed by atoms with van der Waals surface area (Å²) in [5.74, 6) is -7.44. The van der Waals surface area contributed by atoms with Crippen LogP contribution in [0.25, 0.3) is 6.08 Å². The Bertz CT molecular complexity index is 1610. The fourth-order valence-corrected chi connectivity index (χ4v) is 5.01. The highest BCUT2D eigenvalue weighted by atomic mass is 19.3. The lowest BCUT2D eigenvalue weighted by Crippen LogP contribution is -2.57. The number of carbonyl (C=O) groups is 3. The molecule has 4 rings (SSSR count). The molecule has 0 aliphatic carbocycles. The van der Waals surface area contributed by atoms with Crippen molar-refractivity contribution in [2.75, 3.05) is 24.7 Å². The van der Waals surface area contributed by atoms with Gasteiger partial charge in [-0.2, -0.15) is 8.78 Å². The third-order valence-corrected chi connectivity index (χ3v) is 7.32. The van der Waals surface area contributed by atoms with Crippen LogP contribution in [0.15, 0.2) is 127 Å². The van der Waals surface area contributed by atoms with Crippen molar-refractivity contribution in [1.29, 1.82) is 0 Å². The number of anilines is 1. The molecule has 0 aliphatic heterocycles. The van der Waals surface area contributed by atoms with Crippen LogP contribution in [0, 0.1) is 0 Å². The van der Waals surface area contributed by atoms with E-state index in [4.69, 9.17) is 4.74 Å². The molecular weight excluding hydrogens is 604 g/mol. The van der Waals surface area contributed by atoms with E-state index in [-0.39, 0.29) is 17.9 Å². The van der Waals surface area contributed by atoms with Crippen molar-refractivity contribution in [3.63, 3.8) is 0 Å². The number of benzene rings is 4. The molecule has 8 nitrogen and oxygen atoms in total. The molecule has 2 amide bonds. The Labute approximate surface area is 272 Å². The second kappa shape index (κ2) is 16.9. The number of nitrogens with one attached hydrogen (secondary N) is 2. The number of hydrogen-bond donors (Lipinski definition) is 3. The lowest BCUT2D eigenvalue weighted by molar-refractivity contribution is -0.149. The predicted molar refractivity (Wildman–Crippen MR) is 176 cm³/mol. The Balaban J connectivity index is 1.81. The van der Waals surface area contributed by atoms with Crippen molar-refractivity contribution in [2.24, 2.45) is 0 Å². The van der Waals surface area contributed by atoms with Gasteiger partial charge in [0.2, 0.25) is 5.91 Å². The average molecular weight is 642 g/mol. The van der Waals surface area contributed by atoms with Gasteiger partial charge in [0.1, 0.15) is 18.6 Å². The van der Waals surface area contributed by atoms with Gasteiger partial charge >= 0.3 is 11.9 Å². The number of ether oxygens (including phenoxy) is 1. The highest BCUT2D eigenvalue weighted by Gasteiger charge is 2.53. The van der Waals surface area contributed by atoms with Crippen LogP contribution in [-0.4, -0.2) is 54.6 Å². The third kappa shape index (κ3) is 9.18. The summed E-state index contributed by atoms with van der Waals surface area (Å²) in [6.07, 6.45) is 2.88. The Hall–Kier alpha value is -5.19. The second-order valence-corrected chi connectivity index (χ2v) is 10.5. The summed E-state index contributed by atoms with van der Waals surface area (Å²) in [6, 6.07) is 28.3. The number of alkyl halides is 2. The SMILES string of the molecule is CCOC(=O)CNC(=O)[C@H](/C=C/c1ccccc1)N(C(=O)C(F)(F)[C@@H](N[C@@H](CO)c1ccccc1)c1ccccc1)c1ccccc1. The standard InChI is InChI=1S/C37H37F2N3O5/c1-2-47-33(44)25-40-35(45)32(24-23-27-15-7-3-8-16-27)42(30-21-13-6-14-22-30)36(46)37(38,39)34(29-19-11-5-12-20-29)41-31(26-43)28-17-9-4-10-18-28/h3-24,31-32,34,41,43H,2,25-26H2,1H3,(H,40,45)/b24-23+/t31-,32-,34-/m0/s1. The molecule has 0 aromatic heterocycles. The molecular formula is C37H37F2N3O5. The van der Waals surface area contributed by atoms with E-state index in [0.717, 1.165) is 4.90 Å². The summed E-state index contributed by atoms with van der Waals surface area (Å²) >= 11 is 0. The van der Waals surface area contributed by atoms with E-state index in [1.165, 1.54) is 30.3 Å².